The van der Waals surface area contributed by atoms with Gasteiger partial charge in [0.25, 0.3) is 0 Å². The van der Waals surface area contributed by atoms with Gasteiger partial charge >= 0.3 is 0 Å². The number of ether oxygens (including phenoxy) is 1. The molecular formula is C22H19ClN2OS. The third kappa shape index (κ3) is 5.19. The van der Waals surface area contributed by atoms with E-state index < -0.39 is 0 Å². The number of allylic oxidation sites excluding steroid dienone is 1. The smallest absolute Gasteiger partial charge is 0.134 e. The molecule has 0 saturated carbocycles. The van der Waals surface area contributed by atoms with Gasteiger partial charge in [-0.05, 0) is 42.3 Å². The van der Waals surface area contributed by atoms with Crippen LogP contribution in [0.25, 0.3) is 22.9 Å². The van der Waals surface area contributed by atoms with Gasteiger partial charge in [-0.25, -0.2) is 4.98 Å². The lowest BCUT2D eigenvalue weighted by molar-refractivity contribution is 0.309. The Morgan fingerprint density at radius 1 is 1.19 bits per heavy atom. The summed E-state index contributed by atoms with van der Waals surface area (Å²) in [5, 5.41) is 12.9. The van der Waals surface area contributed by atoms with Crippen molar-refractivity contribution in [2.75, 3.05) is 6.61 Å². The molecule has 0 fully saturated rings. The van der Waals surface area contributed by atoms with Gasteiger partial charge in [0.15, 0.2) is 0 Å². The second kappa shape index (κ2) is 9.36. The summed E-state index contributed by atoms with van der Waals surface area (Å²) in [6, 6.07) is 17.5. The number of nitriles is 1. The van der Waals surface area contributed by atoms with E-state index in [0.29, 0.717) is 15.6 Å². The summed E-state index contributed by atoms with van der Waals surface area (Å²) in [5.74, 6) is 0.846. The quantitative estimate of drug-likeness (QED) is 0.330. The number of hydrogen-bond acceptors (Lipinski definition) is 4. The number of nitrogens with zero attached hydrogens (tertiary/aromatic N) is 2. The van der Waals surface area contributed by atoms with Crippen molar-refractivity contribution < 1.29 is 4.74 Å². The topological polar surface area (TPSA) is 45.9 Å². The zero-order valence-corrected chi connectivity index (χ0v) is 16.6. The molecule has 0 unspecified atom stereocenters. The van der Waals surface area contributed by atoms with E-state index in [-0.39, 0.29) is 0 Å². The van der Waals surface area contributed by atoms with Crippen LogP contribution in [0.2, 0.25) is 5.02 Å². The minimum Gasteiger partial charge on any atom is -0.494 e. The van der Waals surface area contributed by atoms with Crippen LogP contribution in [0.15, 0.2) is 53.9 Å². The number of hydrogen-bond donors (Lipinski definition) is 0. The second-order valence-electron chi connectivity index (χ2n) is 5.99. The van der Waals surface area contributed by atoms with Gasteiger partial charge in [-0.1, -0.05) is 49.2 Å². The highest BCUT2D eigenvalue weighted by atomic mass is 35.5. The zero-order chi connectivity index (χ0) is 19.1. The number of halogens is 1. The molecular weight excluding hydrogens is 376 g/mol. The Bertz CT molecular complexity index is 953. The van der Waals surface area contributed by atoms with Crippen molar-refractivity contribution in [3.8, 4) is 23.1 Å². The first-order valence-corrected chi connectivity index (χ1v) is 10.0. The van der Waals surface area contributed by atoms with E-state index in [1.165, 1.54) is 11.3 Å². The number of aromatic nitrogens is 1. The predicted molar refractivity (Wildman–Crippen MR) is 113 cm³/mol. The Balaban J connectivity index is 1.77. The molecule has 27 heavy (non-hydrogen) atoms. The van der Waals surface area contributed by atoms with Crippen molar-refractivity contribution in [1.29, 1.82) is 5.26 Å². The molecule has 0 N–H and O–H groups in total. The number of unbranched alkanes of at least 4 members (excludes halogenated alkanes) is 1. The molecule has 0 radical (unpaired) electrons. The molecule has 0 amide bonds. The molecule has 0 aliphatic rings. The zero-order valence-electron chi connectivity index (χ0n) is 15.0. The van der Waals surface area contributed by atoms with E-state index in [1.54, 1.807) is 0 Å². The fourth-order valence-corrected chi connectivity index (χ4v) is 3.37. The molecule has 0 aliphatic carbocycles. The van der Waals surface area contributed by atoms with Gasteiger partial charge in [0.1, 0.15) is 16.8 Å². The van der Waals surface area contributed by atoms with Gasteiger partial charge in [0.05, 0.1) is 17.9 Å². The largest absolute Gasteiger partial charge is 0.494 e. The summed E-state index contributed by atoms with van der Waals surface area (Å²) in [6.07, 6.45) is 4.00. The average Bonchev–Trinajstić information content (AvgIpc) is 3.18. The highest BCUT2D eigenvalue weighted by molar-refractivity contribution is 7.11. The lowest BCUT2D eigenvalue weighted by Gasteiger charge is -2.05. The number of benzene rings is 2. The summed E-state index contributed by atoms with van der Waals surface area (Å²) in [4.78, 5) is 4.60. The maximum absolute atomic E-state index is 9.56. The van der Waals surface area contributed by atoms with E-state index in [4.69, 9.17) is 16.3 Å². The normalized spacial score (nSPS) is 11.2. The highest BCUT2D eigenvalue weighted by Crippen LogP contribution is 2.28. The highest BCUT2D eigenvalue weighted by Gasteiger charge is 2.09. The fraction of sp³-hybridized carbons (Fsp3) is 0.182. The van der Waals surface area contributed by atoms with Gasteiger partial charge in [-0.3, -0.25) is 0 Å². The summed E-state index contributed by atoms with van der Waals surface area (Å²) in [6.45, 7) is 2.86. The van der Waals surface area contributed by atoms with Gasteiger partial charge in [0.2, 0.25) is 0 Å². The molecule has 0 atom stereocenters. The number of thiazole rings is 1. The first kappa shape index (κ1) is 19.2. The molecule has 5 heteroatoms. The second-order valence-corrected chi connectivity index (χ2v) is 7.28. The monoisotopic (exact) mass is 394 g/mol. The summed E-state index contributed by atoms with van der Waals surface area (Å²) in [7, 11) is 0. The van der Waals surface area contributed by atoms with Crippen LogP contribution in [-0.4, -0.2) is 11.6 Å². The van der Waals surface area contributed by atoms with E-state index >= 15 is 0 Å². The fourth-order valence-electron chi connectivity index (χ4n) is 2.45. The van der Waals surface area contributed by atoms with Crippen LogP contribution >= 0.6 is 22.9 Å². The van der Waals surface area contributed by atoms with Gasteiger partial charge < -0.3 is 4.74 Å². The third-order valence-corrected chi connectivity index (χ3v) is 5.08. The van der Waals surface area contributed by atoms with Crippen LogP contribution in [0.5, 0.6) is 5.75 Å². The van der Waals surface area contributed by atoms with Gasteiger partial charge in [0, 0.05) is 16.0 Å². The molecule has 136 valence electrons. The number of rotatable bonds is 7. The maximum atomic E-state index is 9.56. The summed E-state index contributed by atoms with van der Waals surface area (Å²) in [5.41, 5.74) is 3.30. The van der Waals surface area contributed by atoms with Crippen LogP contribution < -0.4 is 4.74 Å². The molecule has 1 aromatic heterocycles. The molecule has 1 heterocycles. The molecule has 0 spiro atoms. The first-order valence-electron chi connectivity index (χ1n) is 8.76. The molecule has 0 saturated heterocycles. The molecule has 0 aliphatic heterocycles. The van der Waals surface area contributed by atoms with Crippen molar-refractivity contribution in [1.82, 2.24) is 4.98 Å². The minimum absolute atomic E-state index is 0.542. The Hall–Kier alpha value is -2.61. The third-order valence-electron chi connectivity index (χ3n) is 3.95. The standard InChI is InChI=1S/C22H19ClN2OS/c1-2-3-12-26-20-10-4-16(5-11-20)13-18(14-24)22-25-21(15-27-22)17-6-8-19(23)9-7-17/h4-11,13,15H,2-3,12H2,1H3. The van der Waals surface area contributed by atoms with Crippen molar-refractivity contribution in [3.05, 3.63) is 69.5 Å². The maximum Gasteiger partial charge on any atom is 0.134 e. The van der Waals surface area contributed by atoms with Crippen LogP contribution in [0.1, 0.15) is 30.3 Å². The van der Waals surface area contributed by atoms with Crippen molar-refractivity contribution in [2.45, 2.75) is 19.8 Å². The lowest BCUT2D eigenvalue weighted by Crippen LogP contribution is -1.95. The molecule has 0 bridgehead atoms. The molecule has 3 rings (SSSR count). The van der Waals surface area contributed by atoms with Gasteiger partial charge in [-0.15, -0.1) is 11.3 Å². The van der Waals surface area contributed by atoms with Crippen LogP contribution in [0.3, 0.4) is 0 Å². The molecule has 3 aromatic rings. The van der Waals surface area contributed by atoms with E-state index in [0.717, 1.165) is 42.0 Å². The SMILES string of the molecule is CCCCOc1ccc(C=C(C#N)c2nc(-c3ccc(Cl)cc3)cs2)cc1. The first-order chi connectivity index (χ1) is 13.2. The van der Waals surface area contributed by atoms with Crippen LogP contribution in [0.4, 0.5) is 0 Å². The van der Waals surface area contributed by atoms with Crippen molar-refractivity contribution in [2.24, 2.45) is 0 Å². The van der Waals surface area contributed by atoms with E-state index in [9.17, 15) is 5.26 Å². The minimum atomic E-state index is 0.542. The van der Waals surface area contributed by atoms with E-state index in [1.807, 2.05) is 60.0 Å². The predicted octanol–water partition coefficient (Wildman–Crippen LogP) is 6.71. The Morgan fingerprint density at radius 2 is 1.93 bits per heavy atom. The van der Waals surface area contributed by atoms with Crippen molar-refractivity contribution in [3.63, 3.8) is 0 Å². The molecule has 2 aromatic carbocycles. The van der Waals surface area contributed by atoms with E-state index in [2.05, 4.69) is 18.0 Å². The van der Waals surface area contributed by atoms with Crippen LogP contribution in [-0.2, 0) is 0 Å². The summed E-state index contributed by atoms with van der Waals surface area (Å²) >= 11 is 7.39. The Labute approximate surface area is 168 Å². The Morgan fingerprint density at radius 3 is 2.59 bits per heavy atom. The molecule has 3 nitrogen and oxygen atoms in total. The lowest BCUT2D eigenvalue weighted by atomic mass is 10.1. The summed E-state index contributed by atoms with van der Waals surface area (Å²) < 4.78 is 5.67. The van der Waals surface area contributed by atoms with Crippen molar-refractivity contribution >= 4 is 34.6 Å². The average molecular weight is 395 g/mol. The van der Waals surface area contributed by atoms with Gasteiger partial charge in [-0.2, -0.15) is 5.26 Å². The van der Waals surface area contributed by atoms with Crippen LogP contribution in [0, 0.1) is 11.3 Å². The Kier molecular flexibility index (Phi) is 6.64.